The van der Waals surface area contributed by atoms with E-state index >= 15 is 0 Å². The highest BCUT2D eigenvalue weighted by molar-refractivity contribution is 5.87. The molecule has 146 valence electrons. The van der Waals surface area contributed by atoms with E-state index in [-0.39, 0.29) is 12.6 Å². The maximum absolute atomic E-state index is 12.8. The monoisotopic (exact) mass is 376 g/mol. The minimum Gasteiger partial charge on any atom is -0.477 e. The molecule has 1 aliphatic heterocycles. The van der Waals surface area contributed by atoms with Crippen LogP contribution in [0.3, 0.4) is 0 Å². The third-order valence-electron chi connectivity index (χ3n) is 3.96. The number of hydrogen-bond acceptors (Lipinski definition) is 6. The van der Waals surface area contributed by atoms with E-state index in [0.717, 1.165) is 0 Å². The number of carboxylic acid groups (broad SMARTS) is 1. The smallest absolute Gasteiger partial charge is 0.416 e. The molecule has 0 saturated carbocycles. The molecular formula is C18H24N4O5. The number of pyridine rings is 1. The Kier molecular flexibility index (Phi) is 6.45. The first kappa shape index (κ1) is 20.3. The fraction of sp³-hybridized carbons (Fsp3) is 0.556. The van der Waals surface area contributed by atoms with Gasteiger partial charge in [-0.05, 0) is 45.7 Å². The van der Waals surface area contributed by atoms with Gasteiger partial charge in [0.25, 0.3) is 0 Å². The maximum atomic E-state index is 12.8. The van der Waals surface area contributed by atoms with E-state index in [1.807, 2.05) is 6.07 Å². The topological polar surface area (TPSA) is 116 Å². The van der Waals surface area contributed by atoms with Crippen LogP contribution in [0.25, 0.3) is 0 Å². The van der Waals surface area contributed by atoms with Crippen LogP contribution in [0.5, 0.6) is 5.75 Å². The van der Waals surface area contributed by atoms with Gasteiger partial charge in [-0.15, -0.1) is 0 Å². The first-order chi connectivity index (χ1) is 12.7. The van der Waals surface area contributed by atoms with Gasteiger partial charge < -0.3 is 19.5 Å². The number of nitrogens with zero attached hydrogens (tertiary/aromatic N) is 4. The van der Waals surface area contributed by atoms with Gasteiger partial charge in [0.2, 0.25) is 0 Å². The van der Waals surface area contributed by atoms with Crippen molar-refractivity contribution in [2.75, 3.05) is 24.6 Å². The van der Waals surface area contributed by atoms with Gasteiger partial charge in [0, 0.05) is 19.1 Å². The van der Waals surface area contributed by atoms with E-state index < -0.39 is 17.8 Å². The van der Waals surface area contributed by atoms with Gasteiger partial charge in [0.15, 0.2) is 6.61 Å². The number of piperidine rings is 1. The normalized spacial score (nSPS) is 15.0. The summed E-state index contributed by atoms with van der Waals surface area (Å²) in [7, 11) is 0. The standard InChI is InChI=1S/C18H24N4O5/c1-18(2,3)27-17(25)22(13-6-9-21(10-7-13)16(23)24)15-5-4-14(12-20-15)26-11-8-19/h4-5,12-13H,6-7,9-11H2,1-3H3,(H,23,24). The highest BCUT2D eigenvalue weighted by Crippen LogP contribution is 2.26. The molecule has 1 aromatic rings. The zero-order valence-corrected chi connectivity index (χ0v) is 15.7. The minimum absolute atomic E-state index is 0.0928. The van der Waals surface area contributed by atoms with Crippen LogP contribution in [0.1, 0.15) is 33.6 Å². The largest absolute Gasteiger partial charge is 0.477 e. The Hall–Kier alpha value is -3.02. The summed E-state index contributed by atoms with van der Waals surface area (Å²) < 4.78 is 10.7. The number of aromatic nitrogens is 1. The van der Waals surface area contributed by atoms with Gasteiger partial charge in [0.1, 0.15) is 23.2 Å². The summed E-state index contributed by atoms with van der Waals surface area (Å²) in [6.45, 7) is 5.92. The highest BCUT2D eigenvalue weighted by Gasteiger charge is 2.34. The molecule has 1 saturated heterocycles. The Morgan fingerprint density at radius 1 is 1.37 bits per heavy atom. The fourth-order valence-corrected chi connectivity index (χ4v) is 2.77. The van der Waals surface area contributed by atoms with E-state index in [1.165, 1.54) is 16.0 Å². The Morgan fingerprint density at radius 2 is 2.04 bits per heavy atom. The number of amides is 2. The molecule has 2 heterocycles. The van der Waals surface area contributed by atoms with Crippen LogP contribution in [0, 0.1) is 11.3 Å². The average Bonchev–Trinajstić information content (AvgIpc) is 2.60. The molecule has 27 heavy (non-hydrogen) atoms. The van der Waals surface area contributed by atoms with Gasteiger partial charge in [-0.25, -0.2) is 14.6 Å². The third-order valence-corrected chi connectivity index (χ3v) is 3.96. The molecule has 0 unspecified atom stereocenters. The molecule has 9 heteroatoms. The van der Waals surface area contributed by atoms with Crippen LogP contribution < -0.4 is 9.64 Å². The first-order valence-electron chi connectivity index (χ1n) is 8.67. The number of nitriles is 1. The summed E-state index contributed by atoms with van der Waals surface area (Å²) in [5, 5.41) is 17.7. The van der Waals surface area contributed by atoms with Crippen molar-refractivity contribution < 1.29 is 24.2 Å². The lowest BCUT2D eigenvalue weighted by molar-refractivity contribution is 0.0548. The Balaban J connectivity index is 2.21. The van der Waals surface area contributed by atoms with Crippen LogP contribution >= 0.6 is 0 Å². The molecule has 1 aromatic heterocycles. The molecule has 0 radical (unpaired) electrons. The number of carbonyl (C=O) groups excluding carboxylic acids is 1. The van der Waals surface area contributed by atoms with E-state index in [0.29, 0.717) is 37.5 Å². The van der Waals surface area contributed by atoms with Crippen LogP contribution in [-0.2, 0) is 4.74 Å². The SMILES string of the molecule is CC(C)(C)OC(=O)N(c1ccc(OCC#N)cn1)C1CCN(C(=O)O)CC1. The van der Waals surface area contributed by atoms with Crippen LogP contribution in [0.15, 0.2) is 18.3 Å². The molecule has 0 atom stereocenters. The van der Waals surface area contributed by atoms with E-state index in [9.17, 15) is 9.59 Å². The van der Waals surface area contributed by atoms with Crippen LogP contribution in [0.4, 0.5) is 15.4 Å². The lowest BCUT2D eigenvalue weighted by Gasteiger charge is -2.37. The van der Waals surface area contributed by atoms with Crippen molar-refractivity contribution in [3.63, 3.8) is 0 Å². The summed E-state index contributed by atoms with van der Waals surface area (Å²) in [6, 6.07) is 4.90. The lowest BCUT2D eigenvalue weighted by Crippen LogP contribution is -2.50. The van der Waals surface area contributed by atoms with Gasteiger partial charge in [-0.3, -0.25) is 4.90 Å². The summed E-state index contributed by atoms with van der Waals surface area (Å²) in [5.74, 6) is 0.812. The molecule has 2 rings (SSSR count). The summed E-state index contributed by atoms with van der Waals surface area (Å²) >= 11 is 0. The average molecular weight is 376 g/mol. The summed E-state index contributed by atoms with van der Waals surface area (Å²) in [4.78, 5) is 31.0. The number of hydrogen-bond donors (Lipinski definition) is 1. The van der Waals surface area contributed by atoms with Crippen molar-refractivity contribution in [1.29, 1.82) is 5.26 Å². The van der Waals surface area contributed by atoms with Crippen molar-refractivity contribution in [2.45, 2.75) is 45.3 Å². The molecule has 9 nitrogen and oxygen atoms in total. The van der Waals surface area contributed by atoms with Crippen molar-refractivity contribution in [3.05, 3.63) is 18.3 Å². The van der Waals surface area contributed by atoms with Crippen molar-refractivity contribution in [2.24, 2.45) is 0 Å². The maximum Gasteiger partial charge on any atom is 0.416 e. The summed E-state index contributed by atoms with van der Waals surface area (Å²) in [5.41, 5.74) is -0.674. The van der Waals surface area contributed by atoms with E-state index in [2.05, 4.69) is 4.98 Å². The van der Waals surface area contributed by atoms with E-state index in [4.69, 9.17) is 19.8 Å². The van der Waals surface area contributed by atoms with Gasteiger partial charge in [0.05, 0.1) is 6.20 Å². The molecule has 0 spiro atoms. The summed E-state index contributed by atoms with van der Waals surface area (Å²) in [6.07, 6.45) is 0.917. The Bertz CT molecular complexity index is 700. The predicted octanol–water partition coefficient (Wildman–Crippen LogP) is 2.87. The Labute approximate surface area is 158 Å². The Morgan fingerprint density at radius 3 is 2.52 bits per heavy atom. The number of likely N-dealkylation sites (tertiary alicyclic amines) is 1. The van der Waals surface area contributed by atoms with E-state index in [1.54, 1.807) is 32.9 Å². The molecule has 1 fully saturated rings. The zero-order chi connectivity index (χ0) is 20.0. The molecule has 0 aliphatic carbocycles. The van der Waals surface area contributed by atoms with Crippen molar-refractivity contribution in [1.82, 2.24) is 9.88 Å². The van der Waals surface area contributed by atoms with Gasteiger partial charge in [-0.1, -0.05) is 0 Å². The number of ether oxygens (including phenoxy) is 2. The number of carbonyl (C=O) groups is 2. The molecule has 0 bridgehead atoms. The van der Waals surface area contributed by atoms with Crippen LogP contribution in [-0.4, -0.2) is 58.5 Å². The first-order valence-corrected chi connectivity index (χ1v) is 8.67. The van der Waals surface area contributed by atoms with Crippen molar-refractivity contribution in [3.8, 4) is 11.8 Å². The molecular weight excluding hydrogens is 352 g/mol. The highest BCUT2D eigenvalue weighted by atomic mass is 16.6. The molecule has 1 aliphatic rings. The predicted molar refractivity (Wildman–Crippen MR) is 96.7 cm³/mol. The quantitative estimate of drug-likeness (QED) is 0.859. The molecule has 1 N–H and O–H groups in total. The second-order valence-electron chi connectivity index (χ2n) is 7.15. The van der Waals surface area contributed by atoms with Gasteiger partial charge >= 0.3 is 12.2 Å². The van der Waals surface area contributed by atoms with Crippen LogP contribution in [0.2, 0.25) is 0 Å². The lowest BCUT2D eigenvalue weighted by atomic mass is 10.0. The number of rotatable bonds is 4. The second kappa shape index (κ2) is 8.58. The number of anilines is 1. The third kappa shape index (κ3) is 5.74. The van der Waals surface area contributed by atoms with Gasteiger partial charge in [-0.2, -0.15) is 5.26 Å². The van der Waals surface area contributed by atoms with Crippen molar-refractivity contribution >= 4 is 18.0 Å². The zero-order valence-electron chi connectivity index (χ0n) is 15.7. The molecule has 2 amide bonds. The molecule has 0 aromatic carbocycles. The second-order valence-corrected chi connectivity index (χ2v) is 7.15. The minimum atomic E-state index is -0.964. The fourth-order valence-electron chi connectivity index (χ4n) is 2.77.